The van der Waals surface area contributed by atoms with Gasteiger partial charge in [-0.25, -0.2) is 0 Å². The molecule has 2 saturated heterocycles. The molecule has 0 spiro atoms. The summed E-state index contributed by atoms with van der Waals surface area (Å²) in [6, 6.07) is 8.57. The zero-order valence-electron chi connectivity index (χ0n) is 18.4. The molecule has 1 unspecified atom stereocenters. The standard InChI is InChI=1S/C24H37N3O2/c1-19(2)22(21-8-6-20(3)7-9-21)18-24(29)27-16-14-26(15-17-27)23(28)10-13-25-11-4-5-12-25/h6-9,19,22H,4-5,10-18H2,1-3H3. The largest absolute Gasteiger partial charge is 0.339 e. The molecule has 1 aromatic carbocycles. The number of hydrogen-bond donors (Lipinski definition) is 0. The zero-order chi connectivity index (χ0) is 20.8. The summed E-state index contributed by atoms with van der Waals surface area (Å²) in [7, 11) is 0. The van der Waals surface area contributed by atoms with Gasteiger partial charge in [-0.15, -0.1) is 0 Å². The number of aryl methyl sites for hydroxylation is 1. The van der Waals surface area contributed by atoms with Crippen LogP contribution in [0.25, 0.3) is 0 Å². The summed E-state index contributed by atoms with van der Waals surface area (Å²) in [5, 5.41) is 0. The van der Waals surface area contributed by atoms with Gasteiger partial charge in [-0.2, -0.15) is 0 Å². The maximum Gasteiger partial charge on any atom is 0.223 e. The van der Waals surface area contributed by atoms with Crippen molar-refractivity contribution in [3.63, 3.8) is 0 Å². The summed E-state index contributed by atoms with van der Waals surface area (Å²) in [5.74, 6) is 1.11. The van der Waals surface area contributed by atoms with Crippen molar-refractivity contribution in [1.82, 2.24) is 14.7 Å². The molecule has 0 bridgehead atoms. The third-order valence-corrected chi connectivity index (χ3v) is 6.53. The topological polar surface area (TPSA) is 43.9 Å². The smallest absolute Gasteiger partial charge is 0.223 e. The van der Waals surface area contributed by atoms with E-state index in [1.807, 2.05) is 9.80 Å². The molecule has 5 heteroatoms. The van der Waals surface area contributed by atoms with Gasteiger partial charge in [0.2, 0.25) is 11.8 Å². The minimum Gasteiger partial charge on any atom is -0.339 e. The molecule has 2 amide bonds. The zero-order valence-corrected chi connectivity index (χ0v) is 18.4. The van der Waals surface area contributed by atoms with Crippen molar-refractivity contribution in [3.05, 3.63) is 35.4 Å². The predicted molar refractivity (Wildman–Crippen MR) is 117 cm³/mol. The van der Waals surface area contributed by atoms with E-state index in [0.717, 1.165) is 19.6 Å². The number of hydrogen-bond acceptors (Lipinski definition) is 3. The SMILES string of the molecule is Cc1ccc(C(CC(=O)N2CCN(C(=O)CCN3CCCC3)CC2)C(C)C)cc1. The summed E-state index contributed by atoms with van der Waals surface area (Å²) in [4.78, 5) is 31.7. The Balaban J connectivity index is 1.47. The Morgan fingerprint density at radius 2 is 1.41 bits per heavy atom. The fourth-order valence-corrected chi connectivity index (χ4v) is 4.49. The van der Waals surface area contributed by atoms with Crippen molar-refractivity contribution in [2.45, 2.75) is 52.4 Å². The normalized spacial score (nSPS) is 19.0. The molecule has 0 saturated carbocycles. The van der Waals surface area contributed by atoms with Gasteiger partial charge in [-0.3, -0.25) is 9.59 Å². The predicted octanol–water partition coefficient (Wildman–Crippen LogP) is 3.28. The van der Waals surface area contributed by atoms with Crippen molar-refractivity contribution < 1.29 is 9.59 Å². The summed E-state index contributed by atoms with van der Waals surface area (Å²) in [6.45, 7) is 12.3. The lowest BCUT2D eigenvalue weighted by molar-refractivity contribution is -0.140. The average molecular weight is 400 g/mol. The van der Waals surface area contributed by atoms with E-state index in [9.17, 15) is 9.59 Å². The molecular weight excluding hydrogens is 362 g/mol. The first-order chi connectivity index (χ1) is 13.9. The highest BCUT2D eigenvalue weighted by Gasteiger charge is 2.27. The molecule has 0 aliphatic carbocycles. The van der Waals surface area contributed by atoms with Gasteiger partial charge in [-0.05, 0) is 50.3 Å². The number of carbonyl (C=O) groups is 2. The third kappa shape index (κ3) is 6.05. The maximum absolute atomic E-state index is 12.9. The second kappa shape index (κ2) is 10.2. The molecule has 3 rings (SSSR count). The van der Waals surface area contributed by atoms with Crippen LogP contribution >= 0.6 is 0 Å². The van der Waals surface area contributed by atoms with E-state index in [2.05, 4.69) is 49.9 Å². The molecule has 2 aliphatic heterocycles. The number of rotatable bonds is 7. The van der Waals surface area contributed by atoms with Gasteiger partial charge in [0.05, 0.1) is 0 Å². The molecule has 2 fully saturated rings. The van der Waals surface area contributed by atoms with Gasteiger partial charge >= 0.3 is 0 Å². The van der Waals surface area contributed by atoms with Gasteiger partial charge in [0.1, 0.15) is 0 Å². The lowest BCUT2D eigenvalue weighted by Gasteiger charge is -2.36. The van der Waals surface area contributed by atoms with Gasteiger partial charge in [-0.1, -0.05) is 43.7 Å². The van der Waals surface area contributed by atoms with Crippen molar-refractivity contribution in [2.75, 3.05) is 45.8 Å². The summed E-state index contributed by atoms with van der Waals surface area (Å²) < 4.78 is 0. The van der Waals surface area contributed by atoms with Crippen LogP contribution in [0.15, 0.2) is 24.3 Å². The summed E-state index contributed by atoms with van der Waals surface area (Å²) in [5.41, 5.74) is 2.49. The van der Waals surface area contributed by atoms with E-state index in [0.29, 0.717) is 44.9 Å². The molecule has 0 radical (unpaired) electrons. The Hall–Kier alpha value is -1.88. The minimum absolute atomic E-state index is 0.216. The number of piperazine rings is 1. The molecule has 5 nitrogen and oxygen atoms in total. The second-order valence-corrected chi connectivity index (χ2v) is 9.03. The van der Waals surface area contributed by atoms with Crippen LogP contribution < -0.4 is 0 Å². The van der Waals surface area contributed by atoms with E-state index in [4.69, 9.17) is 0 Å². The van der Waals surface area contributed by atoms with Crippen LogP contribution in [0.3, 0.4) is 0 Å². The van der Waals surface area contributed by atoms with Gasteiger partial charge in [0.15, 0.2) is 0 Å². The Bertz CT molecular complexity index is 672. The Labute approximate surface area is 176 Å². The fourth-order valence-electron chi connectivity index (χ4n) is 4.49. The molecule has 1 atom stereocenters. The summed E-state index contributed by atoms with van der Waals surface area (Å²) in [6.07, 6.45) is 3.67. The quantitative estimate of drug-likeness (QED) is 0.707. The Kier molecular flexibility index (Phi) is 7.70. The summed E-state index contributed by atoms with van der Waals surface area (Å²) >= 11 is 0. The first kappa shape index (κ1) is 21.8. The molecule has 29 heavy (non-hydrogen) atoms. The van der Waals surface area contributed by atoms with Crippen LogP contribution in [0.5, 0.6) is 0 Å². The lowest BCUT2D eigenvalue weighted by Crippen LogP contribution is -2.51. The van der Waals surface area contributed by atoms with Crippen LogP contribution in [-0.2, 0) is 9.59 Å². The molecule has 0 N–H and O–H groups in total. The second-order valence-electron chi connectivity index (χ2n) is 9.03. The van der Waals surface area contributed by atoms with Gasteiger partial charge in [0, 0.05) is 45.6 Å². The van der Waals surface area contributed by atoms with E-state index >= 15 is 0 Å². The minimum atomic E-state index is 0.216. The van der Waals surface area contributed by atoms with E-state index in [-0.39, 0.29) is 17.7 Å². The van der Waals surface area contributed by atoms with Gasteiger partial charge < -0.3 is 14.7 Å². The van der Waals surface area contributed by atoms with E-state index in [1.54, 1.807) is 0 Å². The Morgan fingerprint density at radius 3 is 1.97 bits per heavy atom. The van der Waals surface area contributed by atoms with Crippen LogP contribution in [0.2, 0.25) is 0 Å². The van der Waals surface area contributed by atoms with E-state index < -0.39 is 0 Å². The van der Waals surface area contributed by atoms with Crippen molar-refractivity contribution in [2.24, 2.45) is 5.92 Å². The first-order valence-electron chi connectivity index (χ1n) is 11.3. The van der Waals surface area contributed by atoms with Crippen LogP contribution in [0, 0.1) is 12.8 Å². The van der Waals surface area contributed by atoms with Crippen molar-refractivity contribution >= 4 is 11.8 Å². The number of amides is 2. The third-order valence-electron chi connectivity index (χ3n) is 6.53. The first-order valence-corrected chi connectivity index (χ1v) is 11.3. The van der Waals surface area contributed by atoms with Crippen molar-refractivity contribution in [1.29, 1.82) is 0 Å². The number of carbonyl (C=O) groups excluding carboxylic acids is 2. The van der Waals surface area contributed by atoms with Crippen LogP contribution in [0.4, 0.5) is 0 Å². The van der Waals surface area contributed by atoms with Gasteiger partial charge in [0.25, 0.3) is 0 Å². The molecule has 0 aromatic heterocycles. The average Bonchev–Trinajstić information content (AvgIpc) is 3.24. The van der Waals surface area contributed by atoms with Crippen LogP contribution in [-0.4, -0.2) is 72.3 Å². The fraction of sp³-hybridized carbons (Fsp3) is 0.667. The number of benzene rings is 1. The molecule has 1 aromatic rings. The maximum atomic E-state index is 12.9. The molecule has 2 aliphatic rings. The highest BCUT2D eigenvalue weighted by molar-refractivity contribution is 5.79. The molecule has 160 valence electrons. The van der Waals surface area contributed by atoms with Crippen LogP contribution in [0.1, 0.15) is 56.6 Å². The van der Waals surface area contributed by atoms with E-state index in [1.165, 1.54) is 24.0 Å². The highest BCUT2D eigenvalue weighted by atomic mass is 16.2. The van der Waals surface area contributed by atoms with Crippen molar-refractivity contribution in [3.8, 4) is 0 Å². The number of nitrogens with zero attached hydrogens (tertiary/aromatic N) is 3. The monoisotopic (exact) mass is 399 g/mol. The molecule has 2 heterocycles. The lowest BCUT2D eigenvalue weighted by atomic mass is 9.85. The Morgan fingerprint density at radius 1 is 0.862 bits per heavy atom. The molecular formula is C24H37N3O2. The number of likely N-dealkylation sites (tertiary alicyclic amines) is 1. The highest BCUT2D eigenvalue weighted by Crippen LogP contribution is 2.29.